The molecule has 24 heavy (non-hydrogen) atoms. The molecule has 1 aromatic heterocycles. The predicted molar refractivity (Wildman–Crippen MR) is 94.7 cm³/mol. The summed E-state index contributed by atoms with van der Waals surface area (Å²) in [5, 5.41) is 0.469. The smallest absolute Gasteiger partial charge is 0.175 e. The fraction of sp³-hybridized carbons (Fsp3) is 0.158. The Hall–Kier alpha value is -2.40. The van der Waals surface area contributed by atoms with Crippen molar-refractivity contribution < 1.29 is 9.18 Å². The van der Waals surface area contributed by atoms with Gasteiger partial charge in [0.1, 0.15) is 5.82 Å². The highest BCUT2D eigenvalue weighted by molar-refractivity contribution is 8.00. The number of Topliss-reactive ketones (excluding diaryl/α,β-unsaturated/α-hetero) is 1. The van der Waals surface area contributed by atoms with Gasteiger partial charge < -0.3 is 4.57 Å². The molecule has 122 valence electrons. The molecule has 0 saturated carbocycles. The molecule has 0 N–H and O–H groups in total. The lowest BCUT2D eigenvalue weighted by molar-refractivity contribution is 0.0994. The van der Waals surface area contributed by atoms with E-state index in [9.17, 15) is 9.18 Å². The van der Waals surface area contributed by atoms with E-state index >= 15 is 0 Å². The summed E-state index contributed by atoms with van der Waals surface area (Å²) in [5.41, 5.74) is 2.59. The third-order valence-corrected chi connectivity index (χ3v) is 4.95. The van der Waals surface area contributed by atoms with Crippen LogP contribution in [0.2, 0.25) is 0 Å². The molecule has 0 radical (unpaired) electrons. The Morgan fingerprint density at radius 1 is 1.12 bits per heavy atom. The molecule has 0 unspecified atom stereocenters. The SMILES string of the molecule is C[C@@H](Sc1ncc(-c2ccccc2)n1C)C(=O)c1ccc(F)cc1. The van der Waals surface area contributed by atoms with Crippen LogP contribution in [-0.2, 0) is 7.05 Å². The standard InChI is InChI=1S/C19H17FN2OS/c1-13(18(23)15-8-10-16(20)11-9-15)24-19-21-12-17(22(19)2)14-6-4-3-5-7-14/h3-13H,1-2H3/t13-/m1/s1. The first-order valence-electron chi connectivity index (χ1n) is 7.60. The zero-order valence-corrected chi connectivity index (χ0v) is 14.3. The van der Waals surface area contributed by atoms with Gasteiger partial charge in [-0.05, 0) is 36.8 Å². The van der Waals surface area contributed by atoms with Crippen LogP contribution in [0.1, 0.15) is 17.3 Å². The van der Waals surface area contributed by atoms with Gasteiger partial charge in [0.05, 0.1) is 17.1 Å². The first kappa shape index (κ1) is 16.5. The summed E-state index contributed by atoms with van der Waals surface area (Å²) in [6, 6.07) is 15.6. The average Bonchev–Trinajstić information content (AvgIpc) is 2.96. The molecule has 0 aliphatic carbocycles. The Labute approximate surface area is 144 Å². The molecule has 2 aromatic carbocycles. The van der Waals surface area contributed by atoms with E-state index in [4.69, 9.17) is 0 Å². The van der Waals surface area contributed by atoms with Crippen LogP contribution in [-0.4, -0.2) is 20.6 Å². The summed E-state index contributed by atoms with van der Waals surface area (Å²) in [5.74, 6) is -0.382. The van der Waals surface area contributed by atoms with Crippen LogP contribution in [0.15, 0.2) is 66.0 Å². The number of hydrogen-bond acceptors (Lipinski definition) is 3. The van der Waals surface area contributed by atoms with Gasteiger partial charge in [0.25, 0.3) is 0 Å². The van der Waals surface area contributed by atoms with Gasteiger partial charge >= 0.3 is 0 Å². The van der Waals surface area contributed by atoms with E-state index in [1.807, 2.05) is 55.1 Å². The van der Waals surface area contributed by atoms with Crippen LogP contribution in [0.4, 0.5) is 4.39 Å². The second-order valence-corrected chi connectivity index (χ2v) is 6.79. The number of ketones is 1. The highest BCUT2D eigenvalue weighted by Gasteiger charge is 2.19. The zero-order valence-electron chi connectivity index (χ0n) is 13.4. The van der Waals surface area contributed by atoms with Crippen molar-refractivity contribution in [2.75, 3.05) is 0 Å². The first-order valence-corrected chi connectivity index (χ1v) is 8.48. The maximum atomic E-state index is 13.0. The molecule has 3 aromatic rings. The van der Waals surface area contributed by atoms with E-state index in [1.165, 1.54) is 36.0 Å². The average molecular weight is 340 g/mol. The van der Waals surface area contributed by atoms with E-state index < -0.39 is 0 Å². The van der Waals surface area contributed by atoms with E-state index in [0.717, 1.165) is 16.4 Å². The molecule has 0 fully saturated rings. The molecule has 0 spiro atoms. The summed E-state index contributed by atoms with van der Waals surface area (Å²) in [7, 11) is 1.94. The van der Waals surface area contributed by atoms with Crippen LogP contribution in [0, 0.1) is 5.82 Å². The van der Waals surface area contributed by atoms with Crippen LogP contribution in [0.3, 0.4) is 0 Å². The highest BCUT2D eigenvalue weighted by atomic mass is 32.2. The van der Waals surface area contributed by atoms with Crippen LogP contribution < -0.4 is 0 Å². The number of aromatic nitrogens is 2. The molecular weight excluding hydrogens is 323 g/mol. The lowest BCUT2D eigenvalue weighted by atomic mass is 10.1. The molecule has 1 heterocycles. The molecule has 0 aliphatic heterocycles. The van der Waals surface area contributed by atoms with Crippen molar-refractivity contribution >= 4 is 17.5 Å². The van der Waals surface area contributed by atoms with Crippen molar-refractivity contribution in [3.8, 4) is 11.3 Å². The molecule has 0 amide bonds. The summed E-state index contributed by atoms with van der Waals surface area (Å²) < 4.78 is 15.0. The normalized spacial score (nSPS) is 12.1. The number of carbonyl (C=O) groups is 1. The number of carbonyl (C=O) groups excluding carboxylic acids is 1. The zero-order chi connectivity index (χ0) is 17.1. The Balaban J connectivity index is 1.78. The molecule has 0 saturated heterocycles. The van der Waals surface area contributed by atoms with E-state index in [0.29, 0.717) is 5.56 Å². The monoisotopic (exact) mass is 340 g/mol. The molecule has 5 heteroatoms. The van der Waals surface area contributed by atoms with Crippen LogP contribution in [0.5, 0.6) is 0 Å². The summed E-state index contributed by atoms with van der Waals surface area (Å²) >= 11 is 1.40. The maximum Gasteiger partial charge on any atom is 0.175 e. The highest BCUT2D eigenvalue weighted by Crippen LogP contribution is 2.28. The van der Waals surface area contributed by atoms with Crippen molar-refractivity contribution in [1.82, 2.24) is 9.55 Å². The summed E-state index contributed by atoms with van der Waals surface area (Å²) in [6.07, 6.45) is 1.81. The first-order chi connectivity index (χ1) is 11.6. The number of imidazole rings is 1. The predicted octanol–water partition coefficient (Wildman–Crippen LogP) is 4.59. The number of thioether (sulfide) groups is 1. The second-order valence-electron chi connectivity index (χ2n) is 5.48. The Morgan fingerprint density at radius 3 is 2.46 bits per heavy atom. The topological polar surface area (TPSA) is 34.9 Å². The molecule has 1 atom stereocenters. The number of halogens is 1. The van der Waals surface area contributed by atoms with Crippen molar-refractivity contribution in [2.24, 2.45) is 7.05 Å². The molecular formula is C19H17FN2OS. The van der Waals surface area contributed by atoms with E-state index in [1.54, 1.807) is 0 Å². The van der Waals surface area contributed by atoms with Gasteiger partial charge in [0.2, 0.25) is 0 Å². The van der Waals surface area contributed by atoms with Crippen molar-refractivity contribution in [3.05, 3.63) is 72.2 Å². The van der Waals surface area contributed by atoms with Gasteiger partial charge in [-0.25, -0.2) is 9.37 Å². The van der Waals surface area contributed by atoms with Gasteiger partial charge in [-0.3, -0.25) is 4.79 Å². The largest absolute Gasteiger partial charge is 0.322 e. The van der Waals surface area contributed by atoms with Gasteiger partial charge in [0, 0.05) is 12.6 Å². The van der Waals surface area contributed by atoms with Gasteiger partial charge in [-0.1, -0.05) is 42.1 Å². The van der Waals surface area contributed by atoms with Gasteiger partial charge in [0.15, 0.2) is 10.9 Å². The minimum absolute atomic E-state index is 0.0377. The molecule has 3 rings (SSSR count). The van der Waals surface area contributed by atoms with E-state index in [2.05, 4.69) is 4.98 Å². The van der Waals surface area contributed by atoms with E-state index in [-0.39, 0.29) is 16.9 Å². The quantitative estimate of drug-likeness (QED) is 0.503. The van der Waals surface area contributed by atoms with Crippen molar-refractivity contribution in [3.63, 3.8) is 0 Å². The third kappa shape index (κ3) is 3.41. The Kier molecular flexibility index (Phi) is 4.81. The molecule has 0 bridgehead atoms. The minimum Gasteiger partial charge on any atom is -0.322 e. The van der Waals surface area contributed by atoms with Crippen LogP contribution >= 0.6 is 11.8 Å². The lowest BCUT2D eigenvalue weighted by Crippen LogP contribution is -2.14. The lowest BCUT2D eigenvalue weighted by Gasteiger charge is -2.11. The summed E-state index contributed by atoms with van der Waals surface area (Å²) in [4.78, 5) is 16.9. The fourth-order valence-electron chi connectivity index (χ4n) is 2.44. The second kappa shape index (κ2) is 7.01. The molecule has 0 aliphatic rings. The Morgan fingerprint density at radius 2 is 1.79 bits per heavy atom. The molecule has 3 nitrogen and oxygen atoms in total. The number of rotatable bonds is 5. The van der Waals surface area contributed by atoms with Gasteiger partial charge in [-0.15, -0.1) is 0 Å². The maximum absolute atomic E-state index is 13.0. The van der Waals surface area contributed by atoms with Crippen molar-refractivity contribution in [1.29, 1.82) is 0 Å². The third-order valence-electron chi connectivity index (χ3n) is 3.80. The van der Waals surface area contributed by atoms with Crippen molar-refractivity contribution in [2.45, 2.75) is 17.3 Å². The number of hydrogen-bond donors (Lipinski definition) is 0. The number of nitrogens with zero attached hydrogens (tertiary/aromatic N) is 2. The minimum atomic E-state index is -0.344. The Bertz CT molecular complexity index is 844. The number of benzene rings is 2. The van der Waals surface area contributed by atoms with Gasteiger partial charge in [-0.2, -0.15) is 0 Å². The summed E-state index contributed by atoms with van der Waals surface area (Å²) in [6.45, 7) is 1.84. The fourth-order valence-corrected chi connectivity index (χ4v) is 3.37. The van der Waals surface area contributed by atoms with Crippen LogP contribution in [0.25, 0.3) is 11.3 Å².